The van der Waals surface area contributed by atoms with Gasteiger partial charge in [-0.1, -0.05) is 11.8 Å². The van der Waals surface area contributed by atoms with Crippen molar-refractivity contribution in [2.75, 3.05) is 6.26 Å². The van der Waals surface area contributed by atoms with E-state index < -0.39 is 11.1 Å². The standard InChI is InChI=1S/C8H9N3O2S/c1-14-8(13)11(9)7(12)6-2-4-10-5-3-6/h2-5H,9H2,1H3. The van der Waals surface area contributed by atoms with Crippen molar-refractivity contribution in [3.63, 3.8) is 0 Å². The summed E-state index contributed by atoms with van der Waals surface area (Å²) >= 11 is 0.881. The lowest BCUT2D eigenvalue weighted by molar-refractivity contribution is 0.0820. The molecule has 0 fully saturated rings. The zero-order valence-electron chi connectivity index (χ0n) is 7.51. The molecule has 0 unspecified atom stereocenters. The van der Waals surface area contributed by atoms with E-state index in [2.05, 4.69) is 4.98 Å². The van der Waals surface area contributed by atoms with E-state index in [0.717, 1.165) is 11.8 Å². The lowest BCUT2D eigenvalue weighted by Crippen LogP contribution is -2.40. The molecule has 14 heavy (non-hydrogen) atoms. The van der Waals surface area contributed by atoms with Gasteiger partial charge < -0.3 is 0 Å². The summed E-state index contributed by atoms with van der Waals surface area (Å²) in [5, 5.41) is 0.0896. The SMILES string of the molecule is CSC(=O)N(N)C(=O)c1ccncc1. The molecule has 2 amide bonds. The molecule has 1 aromatic rings. The molecule has 0 radical (unpaired) electrons. The zero-order valence-corrected chi connectivity index (χ0v) is 8.32. The van der Waals surface area contributed by atoms with Crippen molar-refractivity contribution < 1.29 is 9.59 Å². The Hall–Kier alpha value is -1.40. The number of carbonyl (C=O) groups is 2. The van der Waals surface area contributed by atoms with Crippen molar-refractivity contribution in [3.8, 4) is 0 Å². The molecule has 1 rings (SSSR count). The molecule has 0 aliphatic heterocycles. The first-order chi connectivity index (χ1) is 6.66. The van der Waals surface area contributed by atoms with Gasteiger partial charge in [-0.3, -0.25) is 14.6 Å². The van der Waals surface area contributed by atoms with Crippen molar-refractivity contribution in [2.24, 2.45) is 5.84 Å². The van der Waals surface area contributed by atoms with Crippen molar-refractivity contribution in [2.45, 2.75) is 0 Å². The van der Waals surface area contributed by atoms with E-state index >= 15 is 0 Å². The fourth-order valence-corrected chi connectivity index (χ4v) is 1.09. The van der Waals surface area contributed by atoms with E-state index in [-0.39, 0.29) is 0 Å². The van der Waals surface area contributed by atoms with Gasteiger partial charge in [0.25, 0.3) is 5.91 Å². The summed E-state index contributed by atoms with van der Waals surface area (Å²) < 4.78 is 0. The quantitative estimate of drug-likeness (QED) is 0.424. The third-order valence-electron chi connectivity index (χ3n) is 1.52. The highest BCUT2D eigenvalue weighted by Crippen LogP contribution is 2.05. The topological polar surface area (TPSA) is 76.3 Å². The number of imide groups is 1. The minimum Gasteiger partial charge on any atom is -0.267 e. The van der Waals surface area contributed by atoms with E-state index in [0.29, 0.717) is 10.6 Å². The van der Waals surface area contributed by atoms with Crippen molar-refractivity contribution >= 4 is 22.9 Å². The van der Waals surface area contributed by atoms with Gasteiger partial charge in [0.2, 0.25) is 0 Å². The van der Waals surface area contributed by atoms with Crippen LogP contribution in [-0.2, 0) is 0 Å². The summed E-state index contributed by atoms with van der Waals surface area (Å²) in [6.07, 6.45) is 4.48. The van der Waals surface area contributed by atoms with Gasteiger partial charge >= 0.3 is 5.24 Å². The Labute approximate surface area is 85.3 Å². The number of rotatable bonds is 1. The molecule has 0 aromatic carbocycles. The van der Waals surface area contributed by atoms with Crippen LogP contribution in [0.25, 0.3) is 0 Å². The first-order valence-corrected chi connectivity index (χ1v) is 4.96. The number of hydrogen-bond acceptors (Lipinski definition) is 5. The molecular formula is C8H9N3O2S. The maximum atomic E-state index is 11.5. The van der Waals surface area contributed by atoms with Gasteiger partial charge in [-0.25, -0.2) is 10.9 Å². The third kappa shape index (κ3) is 2.30. The maximum Gasteiger partial charge on any atom is 0.302 e. The number of hydrazine groups is 1. The van der Waals surface area contributed by atoms with Crippen LogP contribution in [0.15, 0.2) is 24.5 Å². The summed E-state index contributed by atoms with van der Waals surface area (Å²) in [7, 11) is 0. The Balaban J connectivity index is 2.81. The molecule has 1 aromatic heterocycles. The van der Waals surface area contributed by atoms with Crippen LogP contribution in [0, 0.1) is 0 Å². The van der Waals surface area contributed by atoms with E-state index in [9.17, 15) is 9.59 Å². The molecule has 0 saturated carbocycles. The van der Waals surface area contributed by atoms with Gasteiger partial charge in [-0.2, -0.15) is 0 Å². The van der Waals surface area contributed by atoms with Gasteiger partial charge in [0.1, 0.15) is 0 Å². The molecule has 0 aliphatic rings. The van der Waals surface area contributed by atoms with Gasteiger partial charge in [-0.05, 0) is 18.4 Å². The minimum atomic E-state index is -0.535. The molecule has 0 spiro atoms. The van der Waals surface area contributed by atoms with Gasteiger partial charge in [-0.15, -0.1) is 0 Å². The molecule has 0 bridgehead atoms. The second-order valence-corrected chi connectivity index (χ2v) is 3.14. The van der Waals surface area contributed by atoms with Crippen molar-refractivity contribution in [1.82, 2.24) is 9.99 Å². The third-order valence-corrected chi connectivity index (χ3v) is 2.06. The highest BCUT2D eigenvalue weighted by molar-refractivity contribution is 8.12. The van der Waals surface area contributed by atoms with Crippen molar-refractivity contribution in [3.05, 3.63) is 30.1 Å². The number of thioether (sulfide) groups is 1. The molecule has 0 atom stereocenters. The Morgan fingerprint density at radius 2 is 2.00 bits per heavy atom. The summed E-state index contributed by atoms with van der Waals surface area (Å²) in [5.74, 6) is 4.76. The summed E-state index contributed by atoms with van der Waals surface area (Å²) in [4.78, 5) is 26.3. The van der Waals surface area contributed by atoms with Crippen LogP contribution in [0.1, 0.15) is 10.4 Å². The minimum absolute atomic E-state index is 0.338. The fourth-order valence-electron chi connectivity index (χ4n) is 0.815. The Kier molecular flexibility index (Phi) is 3.61. The first kappa shape index (κ1) is 10.7. The fraction of sp³-hybridized carbons (Fsp3) is 0.125. The maximum absolute atomic E-state index is 11.5. The zero-order chi connectivity index (χ0) is 10.6. The first-order valence-electron chi connectivity index (χ1n) is 3.74. The highest BCUT2D eigenvalue weighted by Gasteiger charge is 2.17. The predicted octanol–water partition coefficient (Wildman–Crippen LogP) is 0.881. The van der Waals surface area contributed by atoms with Crippen LogP contribution in [0.3, 0.4) is 0 Å². The number of pyridine rings is 1. The number of hydrogen-bond donors (Lipinski definition) is 1. The molecule has 0 saturated heterocycles. The van der Waals surface area contributed by atoms with E-state index in [4.69, 9.17) is 5.84 Å². The molecule has 2 N–H and O–H groups in total. The second-order valence-electron chi connectivity index (χ2n) is 2.38. The number of nitrogens with two attached hydrogens (primary N) is 1. The molecular weight excluding hydrogens is 202 g/mol. The van der Waals surface area contributed by atoms with Crippen LogP contribution in [-0.4, -0.2) is 27.4 Å². The van der Waals surface area contributed by atoms with Crippen LogP contribution < -0.4 is 5.84 Å². The Bertz CT molecular complexity index is 342. The number of aromatic nitrogens is 1. The summed E-state index contributed by atoms with van der Waals surface area (Å²) in [6, 6.07) is 2.99. The summed E-state index contributed by atoms with van der Waals surface area (Å²) in [5.41, 5.74) is 0.338. The lowest BCUT2D eigenvalue weighted by Gasteiger charge is -2.12. The van der Waals surface area contributed by atoms with Crippen LogP contribution in [0.2, 0.25) is 0 Å². The normalized spacial score (nSPS) is 9.57. The van der Waals surface area contributed by atoms with Gasteiger partial charge in [0.15, 0.2) is 0 Å². The summed E-state index contributed by atoms with van der Waals surface area (Å²) in [6.45, 7) is 0. The number of nitrogens with zero attached hydrogens (tertiary/aromatic N) is 2. The lowest BCUT2D eigenvalue weighted by atomic mass is 10.2. The largest absolute Gasteiger partial charge is 0.302 e. The van der Waals surface area contributed by atoms with E-state index in [1.54, 1.807) is 6.26 Å². The molecule has 0 aliphatic carbocycles. The van der Waals surface area contributed by atoms with Crippen LogP contribution >= 0.6 is 11.8 Å². The highest BCUT2D eigenvalue weighted by atomic mass is 32.2. The van der Waals surface area contributed by atoms with Crippen LogP contribution in [0.5, 0.6) is 0 Å². The monoisotopic (exact) mass is 211 g/mol. The van der Waals surface area contributed by atoms with E-state index in [1.807, 2.05) is 0 Å². The van der Waals surface area contributed by atoms with Gasteiger partial charge in [0.05, 0.1) is 0 Å². The van der Waals surface area contributed by atoms with Crippen molar-refractivity contribution in [1.29, 1.82) is 0 Å². The van der Waals surface area contributed by atoms with E-state index in [1.165, 1.54) is 24.5 Å². The second kappa shape index (κ2) is 4.73. The smallest absolute Gasteiger partial charge is 0.267 e. The Morgan fingerprint density at radius 1 is 1.43 bits per heavy atom. The molecule has 74 valence electrons. The van der Waals surface area contributed by atoms with Crippen LogP contribution in [0.4, 0.5) is 4.79 Å². The number of amides is 2. The number of carbonyl (C=O) groups excluding carboxylic acids is 2. The molecule has 5 nitrogen and oxygen atoms in total. The van der Waals surface area contributed by atoms with Gasteiger partial charge in [0, 0.05) is 18.0 Å². The Morgan fingerprint density at radius 3 is 2.50 bits per heavy atom. The molecule has 1 heterocycles. The average molecular weight is 211 g/mol. The molecule has 6 heteroatoms. The predicted molar refractivity (Wildman–Crippen MR) is 53.5 cm³/mol. The average Bonchev–Trinajstić information content (AvgIpc) is 2.27.